The molecule has 1 aromatic carbocycles. The molecular weight excluding hydrogens is 449 g/mol. The lowest BCUT2D eigenvalue weighted by atomic mass is 9.89. The topological polar surface area (TPSA) is 86.4 Å². The van der Waals surface area contributed by atoms with E-state index < -0.39 is 20.7 Å². The van der Waals surface area contributed by atoms with Crippen LogP contribution >= 0.6 is 22.9 Å². The van der Waals surface area contributed by atoms with E-state index in [1.807, 2.05) is 7.05 Å². The minimum absolute atomic E-state index is 0.105. The summed E-state index contributed by atoms with van der Waals surface area (Å²) in [5.74, 6) is -0.859. The molecule has 1 saturated carbocycles. The Bertz CT molecular complexity index is 943. The smallest absolute Gasteiger partial charge is 0.266 e. The van der Waals surface area contributed by atoms with E-state index in [2.05, 4.69) is 32.3 Å². The van der Waals surface area contributed by atoms with Crippen LogP contribution in [0.2, 0.25) is 5.02 Å². The molecule has 0 unspecified atom stereocenters. The van der Waals surface area contributed by atoms with Gasteiger partial charge in [0, 0.05) is 36.8 Å². The molecule has 1 fully saturated rings. The second-order valence-electron chi connectivity index (χ2n) is 7.39. The van der Waals surface area contributed by atoms with Gasteiger partial charge in [0.1, 0.15) is 10.7 Å². The maximum Gasteiger partial charge on any atom is 0.266 e. The number of halogens is 2. The van der Waals surface area contributed by atoms with E-state index >= 15 is 0 Å². The van der Waals surface area contributed by atoms with E-state index in [9.17, 15) is 12.8 Å². The molecule has 0 saturated heterocycles. The molecule has 1 heterocycles. The van der Waals surface area contributed by atoms with Crippen molar-refractivity contribution in [2.75, 3.05) is 37.2 Å². The highest BCUT2D eigenvalue weighted by atomic mass is 35.5. The maximum atomic E-state index is 14.8. The van der Waals surface area contributed by atoms with Gasteiger partial charge in [-0.25, -0.2) is 17.8 Å². The standard InChI is InChI=1S/C19H27ClFN5O2S2/c1-22-7-9-26(2)17-6-4-3-5-15(17)24-16-12-14(21)18(11-13(16)20)30(27,28)25-19-23-8-10-29-19/h8,10-12,15,17,22,24H,3-7,9H2,1-2H3,(H,23,25)/t15-,17-/m0/s1. The molecule has 2 aromatic rings. The molecule has 1 aliphatic rings. The summed E-state index contributed by atoms with van der Waals surface area (Å²) in [7, 11) is -0.115. The number of likely N-dealkylation sites (N-methyl/N-ethyl adjacent to an activating group) is 2. The number of hydrogen-bond donors (Lipinski definition) is 3. The fraction of sp³-hybridized carbons (Fsp3) is 0.526. The molecule has 0 spiro atoms. The summed E-state index contributed by atoms with van der Waals surface area (Å²) in [6.07, 6.45) is 5.68. The summed E-state index contributed by atoms with van der Waals surface area (Å²) >= 11 is 7.47. The number of thiazole rings is 1. The molecule has 7 nitrogen and oxygen atoms in total. The lowest BCUT2D eigenvalue weighted by molar-refractivity contribution is 0.179. The first-order valence-electron chi connectivity index (χ1n) is 9.84. The Hall–Kier alpha value is -1.46. The molecule has 30 heavy (non-hydrogen) atoms. The predicted octanol–water partition coefficient (Wildman–Crippen LogP) is 3.61. The van der Waals surface area contributed by atoms with Crippen molar-refractivity contribution in [1.82, 2.24) is 15.2 Å². The molecule has 166 valence electrons. The monoisotopic (exact) mass is 475 g/mol. The molecule has 2 atom stereocenters. The highest BCUT2D eigenvalue weighted by Gasteiger charge is 2.29. The number of nitrogens with zero attached hydrogens (tertiary/aromatic N) is 2. The van der Waals surface area contributed by atoms with Gasteiger partial charge in [-0.1, -0.05) is 24.4 Å². The van der Waals surface area contributed by atoms with Crippen molar-refractivity contribution in [2.24, 2.45) is 0 Å². The summed E-state index contributed by atoms with van der Waals surface area (Å²) in [6.45, 7) is 1.79. The summed E-state index contributed by atoms with van der Waals surface area (Å²) in [6, 6.07) is 2.71. The van der Waals surface area contributed by atoms with Gasteiger partial charge in [-0.15, -0.1) is 11.3 Å². The van der Waals surface area contributed by atoms with Gasteiger partial charge >= 0.3 is 0 Å². The van der Waals surface area contributed by atoms with E-state index in [1.54, 1.807) is 5.38 Å². The second kappa shape index (κ2) is 10.2. The Morgan fingerprint density at radius 3 is 2.80 bits per heavy atom. The number of hydrogen-bond acceptors (Lipinski definition) is 7. The Morgan fingerprint density at radius 1 is 1.33 bits per heavy atom. The zero-order chi connectivity index (χ0) is 21.7. The normalized spacial score (nSPS) is 19.8. The first-order valence-corrected chi connectivity index (χ1v) is 12.6. The van der Waals surface area contributed by atoms with Crippen LogP contribution in [0, 0.1) is 5.82 Å². The number of anilines is 2. The zero-order valence-corrected chi connectivity index (χ0v) is 19.4. The summed E-state index contributed by atoms with van der Waals surface area (Å²) in [5, 5.41) is 8.48. The van der Waals surface area contributed by atoms with Crippen LogP contribution in [0.5, 0.6) is 0 Å². The quantitative estimate of drug-likeness (QED) is 0.513. The van der Waals surface area contributed by atoms with E-state index in [4.69, 9.17) is 11.6 Å². The lowest BCUT2D eigenvalue weighted by Gasteiger charge is -2.39. The van der Waals surface area contributed by atoms with Crippen molar-refractivity contribution in [2.45, 2.75) is 42.7 Å². The van der Waals surface area contributed by atoms with Gasteiger partial charge in [0.2, 0.25) is 0 Å². The third kappa shape index (κ3) is 5.61. The average Bonchev–Trinajstić information content (AvgIpc) is 3.21. The fourth-order valence-electron chi connectivity index (χ4n) is 3.75. The van der Waals surface area contributed by atoms with Crippen LogP contribution in [-0.2, 0) is 10.0 Å². The lowest BCUT2D eigenvalue weighted by Crippen LogP contribution is -2.48. The van der Waals surface area contributed by atoms with Crippen molar-refractivity contribution in [3.63, 3.8) is 0 Å². The summed E-state index contributed by atoms with van der Waals surface area (Å²) < 4.78 is 42.1. The van der Waals surface area contributed by atoms with Crippen molar-refractivity contribution >= 4 is 43.8 Å². The highest BCUT2D eigenvalue weighted by molar-refractivity contribution is 7.93. The van der Waals surface area contributed by atoms with Crippen molar-refractivity contribution < 1.29 is 12.8 Å². The molecule has 0 amide bonds. The molecule has 1 aliphatic carbocycles. The Kier molecular flexibility index (Phi) is 7.92. The van der Waals surface area contributed by atoms with E-state index in [0.29, 0.717) is 11.7 Å². The Balaban J connectivity index is 1.79. The van der Waals surface area contributed by atoms with Crippen molar-refractivity contribution in [1.29, 1.82) is 0 Å². The van der Waals surface area contributed by atoms with Crippen LogP contribution in [0.15, 0.2) is 28.6 Å². The summed E-state index contributed by atoms with van der Waals surface area (Å²) in [4.78, 5) is 5.67. The van der Waals surface area contributed by atoms with Crippen LogP contribution in [0.1, 0.15) is 25.7 Å². The number of aromatic nitrogens is 1. The Morgan fingerprint density at radius 2 is 2.10 bits per heavy atom. The molecule has 1 aromatic heterocycles. The average molecular weight is 476 g/mol. The number of nitrogens with one attached hydrogen (secondary N) is 3. The molecule has 0 radical (unpaired) electrons. The van der Waals surface area contributed by atoms with Crippen LogP contribution < -0.4 is 15.4 Å². The predicted molar refractivity (Wildman–Crippen MR) is 121 cm³/mol. The largest absolute Gasteiger partial charge is 0.379 e. The van der Waals surface area contributed by atoms with E-state index in [0.717, 1.165) is 62.2 Å². The molecule has 3 rings (SSSR count). The molecular formula is C19H27ClFN5O2S2. The minimum Gasteiger partial charge on any atom is -0.379 e. The van der Waals surface area contributed by atoms with Gasteiger partial charge in [0.25, 0.3) is 10.0 Å². The van der Waals surface area contributed by atoms with Gasteiger partial charge in [0.15, 0.2) is 5.13 Å². The second-order valence-corrected chi connectivity index (χ2v) is 10.3. The molecule has 0 aliphatic heterocycles. The maximum absolute atomic E-state index is 14.8. The van der Waals surface area contributed by atoms with Crippen molar-refractivity contribution in [3.05, 3.63) is 34.5 Å². The third-order valence-corrected chi connectivity index (χ3v) is 7.80. The number of benzene rings is 1. The number of sulfonamides is 1. The minimum atomic E-state index is -4.13. The van der Waals surface area contributed by atoms with Crippen LogP contribution in [-0.4, -0.2) is 57.6 Å². The first kappa shape index (κ1) is 23.2. The molecule has 11 heteroatoms. The van der Waals surface area contributed by atoms with Crippen LogP contribution in [0.4, 0.5) is 15.2 Å². The van der Waals surface area contributed by atoms with Gasteiger partial charge in [-0.2, -0.15) is 0 Å². The Labute approximate surface area is 186 Å². The zero-order valence-electron chi connectivity index (χ0n) is 17.0. The van der Waals surface area contributed by atoms with Gasteiger partial charge in [-0.05, 0) is 39.1 Å². The van der Waals surface area contributed by atoms with E-state index in [1.165, 1.54) is 6.20 Å². The molecule has 3 N–H and O–H groups in total. The first-order chi connectivity index (χ1) is 14.3. The molecule has 0 bridgehead atoms. The highest BCUT2D eigenvalue weighted by Crippen LogP contribution is 2.32. The van der Waals surface area contributed by atoms with Crippen LogP contribution in [0.3, 0.4) is 0 Å². The van der Waals surface area contributed by atoms with Crippen molar-refractivity contribution in [3.8, 4) is 0 Å². The van der Waals surface area contributed by atoms with Gasteiger partial charge in [-0.3, -0.25) is 4.72 Å². The van der Waals surface area contributed by atoms with E-state index in [-0.39, 0.29) is 16.2 Å². The number of rotatable bonds is 9. The fourth-order valence-corrected chi connectivity index (χ4v) is 5.91. The third-order valence-electron chi connectivity index (χ3n) is 5.32. The van der Waals surface area contributed by atoms with Gasteiger partial charge < -0.3 is 15.5 Å². The SMILES string of the molecule is CNCCN(C)[C@H]1CCCC[C@@H]1Nc1cc(F)c(S(=O)(=O)Nc2nccs2)cc1Cl. The van der Waals surface area contributed by atoms with Crippen LogP contribution in [0.25, 0.3) is 0 Å². The summed E-state index contributed by atoms with van der Waals surface area (Å²) in [5.41, 5.74) is 0.404. The van der Waals surface area contributed by atoms with Gasteiger partial charge in [0.05, 0.1) is 10.7 Å².